The quantitative estimate of drug-likeness (QED) is 0.827. The van der Waals surface area contributed by atoms with Crippen LogP contribution in [0.2, 0.25) is 0 Å². The van der Waals surface area contributed by atoms with E-state index in [0.29, 0.717) is 0 Å². The number of aryl methyl sites for hydroxylation is 2. The molecule has 0 bridgehead atoms. The van der Waals surface area contributed by atoms with Crippen LogP contribution in [0.1, 0.15) is 36.4 Å². The predicted molar refractivity (Wildman–Crippen MR) is 92.7 cm³/mol. The topological polar surface area (TPSA) is 28.2 Å². The number of rotatable bonds is 7. The van der Waals surface area contributed by atoms with Crippen LogP contribution in [-0.4, -0.2) is 18.6 Å². The molecular weight excluding hydrogens is 278 g/mol. The monoisotopic (exact) mass is 303 g/mol. The Morgan fingerprint density at radius 3 is 2.76 bits per heavy atom. The lowest BCUT2D eigenvalue weighted by atomic mass is 10.2. The average Bonchev–Trinajstić information content (AvgIpc) is 2.88. The molecule has 4 heteroatoms. The molecule has 2 aromatic rings. The summed E-state index contributed by atoms with van der Waals surface area (Å²) in [6.45, 7) is 8.39. The Balaban J connectivity index is 2.26. The number of nitrogens with one attached hydrogen (secondary N) is 1. The molecule has 0 aliphatic rings. The van der Waals surface area contributed by atoms with E-state index in [1.54, 1.807) is 11.3 Å². The third-order valence-corrected chi connectivity index (χ3v) is 4.64. The molecule has 0 aliphatic heterocycles. The minimum Gasteiger partial charge on any atom is -0.321 e. The number of thiazole rings is 1. The van der Waals surface area contributed by atoms with Crippen molar-refractivity contribution < 1.29 is 0 Å². The molecule has 0 aliphatic carbocycles. The Bertz CT molecular complexity index is 577. The van der Waals surface area contributed by atoms with Crippen molar-refractivity contribution in [1.82, 2.24) is 10.3 Å². The minimum absolute atomic E-state index is 0.922. The zero-order valence-corrected chi connectivity index (χ0v) is 14.3. The molecule has 1 heterocycles. The fraction of sp³-hybridized carbons (Fsp3) is 0.471. The summed E-state index contributed by atoms with van der Waals surface area (Å²) in [4.78, 5) is 8.42. The van der Waals surface area contributed by atoms with Gasteiger partial charge in [-0.3, -0.25) is 0 Å². The molecule has 0 unspecified atom stereocenters. The number of benzene rings is 1. The second-order valence-electron chi connectivity index (χ2n) is 5.29. The highest BCUT2D eigenvalue weighted by Gasteiger charge is 2.14. The van der Waals surface area contributed by atoms with Gasteiger partial charge in [-0.2, -0.15) is 0 Å². The Labute approximate surface area is 132 Å². The highest BCUT2D eigenvalue weighted by atomic mass is 32.1. The van der Waals surface area contributed by atoms with Gasteiger partial charge in [-0.15, -0.1) is 0 Å². The zero-order chi connectivity index (χ0) is 15.2. The molecule has 0 amide bonds. The van der Waals surface area contributed by atoms with Crippen LogP contribution in [0.3, 0.4) is 0 Å². The summed E-state index contributed by atoms with van der Waals surface area (Å²) in [5.41, 5.74) is 3.72. The zero-order valence-electron chi connectivity index (χ0n) is 13.4. The normalized spacial score (nSPS) is 10.9. The summed E-state index contributed by atoms with van der Waals surface area (Å²) in [5, 5.41) is 4.50. The largest absolute Gasteiger partial charge is 0.321 e. The van der Waals surface area contributed by atoms with Crippen LogP contribution in [0.25, 0.3) is 0 Å². The maximum Gasteiger partial charge on any atom is 0.190 e. The summed E-state index contributed by atoms with van der Waals surface area (Å²) >= 11 is 1.80. The Kier molecular flexibility index (Phi) is 5.76. The van der Waals surface area contributed by atoms with E-state index in [0.717, 1.165) is 31.1 Å². The van der Waals surface area contributed by atoms with Crippen LogP contribution in [0.4, 0.5) is 10.8 Å². The van der Waals surface area contributed by atoms with Crippen molar-refractivity contribution in [2.24, 2.45) is 0 Å². The molecule has 0 saturated heterocycles. The molecule has 0 saturated carbocycles. The van der Waals surface area contributed by atoms with Gasteiger partial charge in [-0.05, 0) is 37.6 Å². The van der Waals surface area contributed by atoms with Gasteiger partial charge in [-0.1, -0.05) is 43.7 Å². The first-order valence-corrected chi connectivity index (χ1v) is 8.47. The molecule has 0 spiro atoms. The van der Waals surface area contributed by atoms with Crippen molar-refractivity contribution in [1.29, 1.82) is 0 Å². The Hall–Kier alpha value is -1.39. The third kappa shape index (κ3) is 4.05. The van der Waals surface area contributed by atoms with Crippen LogP contribution in [0.5, 0.6) is 0 Å². The maximum atomic E-state index is 4.86. The lowest BCUT2D eigenvalue weighted by Crippen LogP contribution is -2.11. The smallest absolute Gasteiger partial charge is 0.190 e. The fourth-order valence-corrected chi connectivity index (χ4v) is 3.33. The van der Waals surface area contributed by atoms with Gasteiger partial charge >= 0.3 is 0 Å². The van der Waals surface area contributed by atoms with Crippen LogP contribution in [-0.2, 0) is 13.0 Å². The summed E-state index contributed by atoms with van der Waals surface area (Å²) in [7, 11) is 2.10. The van der Waals surface area contributed by atoms with E-state index in [1.807, 2.05) is 0 Å². The van der Waals surface area contributed by atoms with E-state index in [9.17, 15) is 0 Å². The molecule has 1 N–H and O–H groups in total. The Morgan fingerprint density at radius 2 is 2.10 bits per heavy atom. The van der Waals surface area contributed by atoms with Gasteiger partial charge in [-0.25, -0.2) is 4.98 Å². The van der Waals surface area contributed by atoms with Crippen LogP contribution in [0, 0.1) is 6.92 Å². The van der Waals surface area contributed by atoms with Crippen LogP contribution < -0.4 is 10.2 Å². The highest BCUT2D eigenvalue weighted by Crippen LogP contribution is 2.31. The van der Waals surface area contributed by atoms with E-state index in [-0.39, 0.29) is 0 Å². The molecule has 114 valence electrons. The highest BCUT2D eigenvalue weighted by molar-refractivity contribution is 7.15. The van der Waals surface area contributed by atoms with Crippen molar-refractivity contribution in [2.75, 3.05) is 18.5 Å². The molecule has 0 atom stereocenters. The van der Waals surface area contributed by atoms with Gasteiger partial charge in [0.05, 0.1) is 5.69 Å². The SMILES string of the molecule is CCCc1nc(N(C)c2cccc(C)c2)sc1CNCC. The van der Waals surface area contributed by atoms with Crippen molar-refractivity contribution in [3.63, 3.8) is 0 Å². The first-order chi connectivity index (χ1) is 10.2. The van der Waals surface area contributed by atoms with Gasteiger partial charge in [0.2, 0.25) is 0 Å². The molecule has 3 nitrogen and oxygen atoms in total. The molecule has 2 rings (SSSR count). The molecule has 1 aromatic heterocycles. The van der Waals surface area contributed by atoms with Crippen molar-refractivity contribution in [3.8, 4) is 0 Å². The van der Waals surface area contributed by atoms with Crippen molar-refractivity contribution >= 4 is 22.2 Å². The minimum atomic E-state index is 0.922. The standard InChI is InChI=1S/C17H25N3S/c1-5-8-15-16(12-18-6-2)21-17(19-15)20(4)14-10-7-9-13(3)11-14/h7,9-11,18H,5-6,8,12H2,1-4H3. The summed E-state index contributed by atoms with van der Waals surface area (Å²) in [5.74, 6) is 0. The van der Waals surface area contributed by atoms with E-state index in [4.69, 9.17) is 4.98 Å². The number of hydrogen-bond donors (Lipinski definition) is 1. The molecule has 1 aromatic carbocycles. The van der Waals surface area contributed by atoms with Gasteiger partial charge in [0.25, 0.3) is 0 Å². The van der Waals surface area contributed by atoms with Crippen LogP contribution in [0.15, 0.2) is 24.3 Å². The number of aromatic nitrogens is 1. The molecule has 21 heavy (non-hydrogen) atoms. The maximum absolute atomic E-state index is 4.86. The van der Waals surface area contributed by atoms with Crippen molar-refractivity contribution in [2.45, 2.75) is 40.2 Å². The number of nitrogens with zero attached hydrogens (tertiary/aromatic N) is 2. The van der Waals surface area contributed by atoms with Gasteiger partial charge < -0.3 is 10.2 Å². The molecule has 0 fully saturated rings. The first kappa shape index (κ1) is 16.0. The summed E-state index contributed by atoms with van der Waals surface area (Å²) in [6.07, 6.45) is 2.19. The lowest BCUT2D eigenvalue weighted by Gasteiger charge is -2.16. The third-order valence-electron chi connectivity index (χ3n) is 3.47. The van der Waals surface area contributed by atoms with Gasteiger partial charge in [0.15, 0.2) is 5.13 Å². The average molecular weight is 303 g/mol. The van der Waals surface area contributed by atoms with Gasteiger partial charge in [0.1, 0.15) is 0 Å². The Morgan fingerprint density at radius 1 is 1.29 bits per heavy atom. The van der Waals surface area contributed by atoms with E-state index >= 15 is 0 Å². The van der Waals surface area contributed by atoms with Crippen LogP contribution >= 0.6 is 11.3 Å². The first-order valence-electron chi connectivity index (χ1n) is 7.65. The second kappa shape index (κ2) is 7.57. The predicted octanol–water partition coefficient (Wildman–Crippen LogP) is 4.28. The summed E-state index contributed by atoms with van der Waals surface area (Å²) in [6, 6.07) is 8.56. The van der Waals surface area contributed by atoms with E-state index in [1.165, 1.54) is 21.8 Å². The van der Waals surface area contributed by atoms with E-state index < -0.39 is 0 Å². The van der Waals surface area contributed by atoms with Gasteiger partial charge in [0, 0.05) is 24.2 Å². The summed E-state index contributed by atoms with van der Waals surface area (Å²) < 4.78 is 0. The second-order valence-corrected chi connectivity index (χ2v) is 6.36. The lowest BCUT2D eigenvalue weighted by molar-refractivity contribution is 0.723. The number of anilines is 2. The van der Waals surface area contributed by atoms with E-state index in [2.05, 4.69) is 62.3 Å². The molecular formula is C17H25N3S. The molecule has 0 radical (unpaired) electrons. The fourth-order valence-electron chi connectivity index (χ4n) is 2.27. The van der Waals surface area contributed by atoms with Crippen molar-refractivity contribution in [3.05, 3.63) is 40.4 Å². The number of hydrogen-bond acceptors (Lipinski definition) is 4.